The summed E-state index contributed by atoms with van der Waals surface area (Å²) < 4.78 is 10.9. The van der Waals surface area contributed by atoms with Crippen molar-refractivity contribution < 1.29 is 9.47 Å². The molecule has 0 spiro atoms. The van der Waals surface area contributed by atoms with E-state index in [1.54, 1.807) is 31.6 Å². The van der Waals surface area contributed by atoms with Crippen molar-refractivity contribution in [3.63, 3.8) is 0 Å². The molecular weight excluding hydrogens is 430 g/mol. The summed E-state index contributed by atoms with van der Waals surface area (Å²) in [6, 6.07) is 17.5. The van der Waals surface area contributed by atoms with Crippen molar-refractivity contribution in [2.45, 2.75) is 25.7 Å². The molecule has 6 rings (SSSR count). The van der Waals surface area contributed by atoms with E-state index in [4.69, 9.17) is 9.47 Å². The molecule has 3 aliphatic rings. The molecule has 3 aromatic carbocycles. The summed E-state index contributed by atoms with van der Waals surface area (Å²) in [5, 5.41) is 0. The van der Waals surface area contributed by atoms with Gasteiger partial charge in [0.2, 0.25) is 0 Å². The minimum absolute atomic E-state index is 0.765. The molecule has 0 amide bonds. The van der Waals surface area contributed by atoms with Gasteiger partial charge in [0.15, 0.2) is 11.5 Å². The van der Waals surface area contributed by atoms with Gasteiger partial charge < -0.3 is 9.47 Å². The van der Waals surface area contributed by atoms with Crippen molar-refractivity contribution in [1.82, 2.24) is 0 Å². The highest BCUT2D eigenvalue weighted by Crippen LogP contribution is 2.43. The highest BCUT2D eigenvalue weighted by molar-refractivity contribution is 5.84. The van der Waals surface area contributed by atoms with Crippen LogP contribution in [-0.4, -0.2) is 27.0 Å². The second kappa shape index (κ2) is 10.6. The summed E-state index contributed by atoms with van der Waals surface area (Å²) in [6.07, 6.45) is 18.8. The number of hydrogen-bond acceptors (Lipinski definition) is 3. The van der Waals surface area contributed by atoms with Crippen molar-refractivity contribution in [2.75, 3.05) is 20.8 Å². The predicted octanol–water partition coefficient (Wildman–Crippen LogP) is 7.28. The first-order valence-electron chi connectivity index (χ1n) is 12.3. The summed E-state index contributed by atoms with van der Waals surface area (Å²) in [4.78, 5) is 3.97. The molecule has 0 atom stereocenters. The van der Waals surface area contributed by atoms with E-state index in [0.29, 0.717) is 0 Å². The minimum atomic E-state index is 0.765. The minimum Gasteiger partial charge on any atom is -0.493 e. The zero-order chi connectivity index (χ0) is 24.0. The predicted molar refractivity (Wildman–Crippen MR) is 147 cm³/mol. The molecule has 2 aliphatic carbocycles. The van der Waals surface area contributed by atoms with E-state index in [0.717, 1.165) is 37.3 Å². The average Bonchev–Trinajstić information content (AvgIpc) is 3.25. The lowest BCUT2D eigenvalue weighted by Gasteiger charge is -2.27. The molecule has 3 nitrogen and oxygen atoms in total. The fourth-order valence-electron chi connectivity index (χ4n) is 5.21. The second-order valence-electron chi connectivity index (χ2n) is 8.83. The molecule has 0 radical (unpaired) electrons. The molecule has 3 heteroatoms. The summed E-state index contributed by atoms with van der Waals surface area (Å²) in [5.41, 5.74) is 11.2. The molecule has 0 saturated carbocycles. The van der Waals surface area contributed by atoms with Crippen LogP contribution in [0.2, 0.25) is 0 Å². The van der Waals surface area contributed by atoms with Gasteiger partial charge in [-0.2, -0.15) is 0 Å². The standard InChI is InChI=1S/C26H24O2.C6H7N/c1-27-25-15-11-18(16-26(25)28-2)20-8-5-9-21-23(20)14-13-22-19-7-4-3-6-17(19)10-12-24(21)22;1-2-4-6-7-5-3-1/h3,5-6,8-12,15-16H,4,7,13-14H2,1-2H3;1-5H,6H2. The third-order valence-corrected chi connectivity index (χ3v) is 6.87. The number of fused-ring (bicyclic) bond motifs is 5. The van der Waals surface area contributed by atoms with E-state index >= 15 is 0 Å². The van der Waals surface area contributed by atoms with Crippen LogP contribution in [0.4, 0.5) is 0 Å². The SMILES string of the molecule is C1=CC=NCC=C1.COc1ccc(-c2cccc3c2CCc2c-3ccc3c2CCC=C3)cc1OC. The van der Waals surface area contributed by atoms with Crippen LogP contribution in [0, 0.1) is 0 Å². The summed E-state index contributed by atoms with van der Waals surface area (Å²) in [5.74, 6) is 1.54. The summed E-state index contributed by atoms with van der Waals surface area (Å²) in [7, 11) is 3.37. The molecule has 176 valence electrons. The lowest BCUT2D eigenvalue weighted by Crippen LogP contribution is -2.10. The van der Waals surface area contributed by atoms with E-state index in [2.05, 4.69) is 59.6 Å². The summed E-state index contributed by atoms with van der Waals surface area (Å²) in [6.45, 7) is 0.826. The number of rotatable bonds is 3. The molecule has 0 N–H and O–H groups in total. The van der Waals surface area contributed by atoms with Crippen LogP contribution in [0.25, 0.3) is 28.3 Å². The maximum absolute atomic E-state index is 5.53. The Morgan fingerprint density at radius 3 is 2.40 bits per heavy atom. The molecule has 0 bridgehead atoms. The van der Waals surface area contributed by atoms with Gasteiger partial charge in [-0.3, -0.25) is 4.99 Å². The number of aliphatic imine (C=N–C) groups is 1. The van der Waals surface area contributed by atoms with Crippen molar-refractivity contribution in [3.8, 4) is 33.8 Å². The Bertz CT molecular complexity index is 1330. The van der Waals surface area contributed by atoms with Gasteiger partial charge in [0.1, 0.15) is 0 Å². The molecule has 0 fully saturated rings. The van der Waals surface area contributed by atoms with Crippen LogP contribution in [0.1, 0.15) is 28.7 Å². The topological polar surface area (TPSA) is 30.8 Å². The Morgan fingerprint density at radius 1 is 0.686 bits per heavy atom. The van der Waals surface area contributed by atoms with Gasteiger partial charge >= 0.3 is 0 Å². The maximum Gasteiger partial charge on any atom is 0.161 e. The van der Waals surface area contributed by atoms with Gasteiger partial charge in [0.25, 0.3) is 0 Å². The highest BCUT2D eigenvalue weighted by atomic mass is 16.5. The molecule has 3 aromatic rings. The van der Waals surface area contributed by atoms with Crippen LogP contribution in [0.3, 0.4) is 0 Å². The number of hydrogen-bond donors (Lipinski definition) is 0. The van der Waals surface area contributed by atoms with Crippen LogP contribution in [0.5, 0.6) is 11.5 Å². The Balaban J connectivity index is 0.000000313. The van der Waals surface area contributed by atoms with E-state index in [1.807, 2.05) is 30.4 Å². The van der Waals surface area contributed by atoms with Crippen molar-refractivity contribution in [3.05, 3.63) is 101 Å². The van der Waals surface area contributed by atoms with Crippen molar-refractivity contribution >= 4 is 12.3 Å². The zero-order valence-corrected chi connectivity index (χ0v) is 20.5. The fourth-order valence-corrected chi connectivity index (χ4v) is 5.21. The zero-order valence-electron chi connectivity index (χ0n) is 20.5. The molecule has 1 aliphatic heterocycles. The molecular formula is C32H31NO2. The van der Waals surface area contributed by atoms with Crippen LogP contribution in [0.15, 0.2) is 83.9 Å². The third-order valence-electron chi connectivity index (χ3n) is 6.87. The second-order valence-corrected chi connectivity index (χ2v) is 8.83. The normalized spacial score (nSPS) is 14.7. The van der Waals surface area contributed by atoms with Crippen molar-refractivity contribution in [1.29, 1.82) is 0 Å². The van der Waals surface area contributed by atoms with Gasteiger partial charge in [-0.1, -0.05) is 66.8 Å². The number of ether oxygens (including phenoxy) is 2. The lowest BCUT2D eigenvalue weighted by atomic mass is 9.77. The molecule has 0 aromatic heterocycles. The van der Waals surface area contributed by atoms with Gasteiger partial charge in [0.05, 0.1) is 20.8 Å². The number of methoxy groups -OCH3 is 2. The van der Waals surface area contributed by atoms with E-state index < -0.39 is 0 Å². The first-order valence-corrected chi connectivity index (χ1v) is 12.3. The lowest BCUT2D eigenvalue weighted by molar-refractivity contribution is 0.355. The van der Waals surface area contributed by atoms with E-state index in [1.165, 1.54) is 39.8 Å². The van der Waals surface area contributed by atoms with E-state index in [9.17, 15) is 0 Å². The van der Waals surface area contributed by atoms with Gasteiger partial charge in [-0.25, -0.2) is 0 Å². The fraction of sp³-hybridized carbons (Fsp3) is 0.219. The largest absolute Gasteiger partial charge is 0.493 e. The monoisotopic (exact) mass is 461 g/mol. The number of benzene rings is 3. The Morgan fingerprint density at radius 2 is 1.51 bits per heavy atom. The van der Waals surface area contributed by atoms with E-state index in [-0.39, 0.29) is 0 Å². The van der Waals surface area contributed by atoms with Gasteiger partial charge in [-0.05, 0) is 88.4 Å². The van der Waals surface area contributed by atoms with Crippen molar-refractivity contribution in [2.24, 2.45) is 4.99 Å². The van der Waals surface area contributed by atoms with Crippen LogP contribution in [-0.2, 0) is 19.3 Å². The Kier molecular flexibility index (Phi) is 6.94. The average molecular weight is 462 g/mol. The molecule has 0 unspecified atom stereocenters. The van der Waals surface area contributed by atoms with Gasteiger partial charge in [0, 0.05) is 6.21 Å². The third kappa shape index (κ3) is 4.72. The number of allylic oxidation sites excluding steroid dienone is 4. The Hall–Kier alpha value is -3.85. The highest BCUT2D eigenvalue weighted by Gasteiger charge is 2.23. The molecule has 1 heterocycles. The molecule has 35 heavy (non-hydrogen) atoms. The van der Waals surface area contributed by atoms with Gasteiger partial charge in [-0.15, -0.1) is 0 Å². The number of nitrogens with zero attached hydrogens (tertiary/aromatic N) is 1. The first-order chi connectivity index (χ1) is 17.3. The first kappa shape index (κ1) is 22.9. The molecule has 0 saturated heterocycles. The van der Waals surface area contributed by atoms with Crippen LogP contribution >= 0.6 is 0 Å². The smallest absolute Gasteiger partial charge is 0.161 e. The Labute approximate surface area is 208 Å². The quantitative estimate of drug-likeness (QED) is 0.410. The maximum atomic E-state index is 5.53. The van der Waals surface area contributed by atoms with Crippen LogP contribution < -0.4 is 9.47 Å². The summed E-state index contributed by atoms with van der Waals surface area (Å²) >= 11 is 0.